The molecule has 1 aromatic rings. The molecule has 1 rings (SSSR count). The van der Waals surface area contributed by atoms with Crippen molar-refractivity contribution in [1.82, 2.24) is 0 Å². The lowest BCUT2D eigenvalue weighted by Crippen LogP contribution is -2.09. The molecule has 0 N–H and O–H groups in total. The molecule has 0 fully saturated rings. The van der Waals surface area contributed by atoms with E-state index in [-0.39, 0.29) is 11.9 Å². The van der Waals surface area contributed by atoms with Gasteiger partial charge in [-0.25, -0.2) is 0 Å². The fourth-order valence-electron chi connectivity index (χ4n) is 3.04. The van der Waals surface area contributed by atoms with Crippen LogP contribution in [0.5, 0.6) is 5.75 Å². The Morgan fingerprint density at radius 3 is 2.11 bits per heavy atom. The van der Waals surface area contributed by atoms with Gasteiger partial charge in [0.2, 0.25) is 0 Å². The van der Waals surface area contributed by atoms with Gasteiger partial charge in [-0.15, -0.1) is 0 Å². The summed E-state index contributed by atoms with van der Waals surface area (Å²) in [6, 6.07) is 7.58. The Kier molecular flexibility index (Phi) is 14.0. The predicted octanol–water partition coefficient (Wildman–Crippen LogP) is 6.40. The molecule has 0 amide bonds. The Labute approximate surface area is 171 Å². The minimum atomic E-state index is -0.249. The quantitative estimate of drug-likeness (QED) is 0.186. The number of carbonyl (C=O) groups excluding carboxylic acids is 2. The second-order valence-electron chi connectivity index (χ2n) is 7.38. The van der Waals surface area contributed by atoms with Crippen LogP contribution in [0, 0.1) is 0 Å². The maximum absolute atomic E-state index is 11.9. The van der Waals surface area contributed by atoms with Gasteiger partial charge in [0.15, 0.2) is 0 Å². The minimum Gasteiger partial charge on any atom is -0.466 e. The molecule has 0 aliphatic rings. The predicted molar refractivity (Wildman–Crippen MR) is 113 cm³/mol. The number of aryl methyl sites for hydroxylation is 1. The van der Waals surface area contributed by atoms with E-state index in [1.54, 1.807) is 6.07 Å². The second-order valence-corrected chi connectivity index (χ2v) is 7.38. The summed E-state index contributed by atoms with van der Waals surface area (Å²) in [6.45, 7) is 4.81. The SMILES string of the molecule is CCCCCCCCCCOC(=O)CCCCC(=O)Oc1cccc(CC)c1. The van der Waals surface area contributed by atoms with Crippen LogP contribution in [0.2, 0.25) is 0 Å². The van der Waals surface area contributed by atoms with Crippen LogP contribution >= 0.6 is 0 Å². The van der Waals surface area contributed by atoms with E-state index in [4.69, 9.17) is 9.47 Å². The van der Waals surface area contributed by atoms with Gasteiger partial charge in [-0.1, -0.05) is 70.9 Å². The molecule has 0 spiro atoms. The van der Waals surface area contributed by atoms with E-state index < -0.39 is 0 Å². The second kappa shape index (κ2) is 16.1. The fourth-order valence-corrected chi connectivity index (χ4v) is 3.04. The zero-order valence-electron chi connectivity index (χ0n) is 17.8. The number of benzene rings is 1. The number of rotatable bonds is 16. The summed E-state index contributed by atoms with van der Waals surface area (Å²) in [5.41, 5.74) is 1.14. The molecule has 4 heteroatoms. The number of hydrogen-bond donors (Lipinski definition) is 0. The molecule has 0 radical (unpaired) electrons. The maximum Gasteiger partial charge on any atom is 0.311 e. The van der Waals surface area contributed by atoms with Crippen molar-refractivity contribution in [1.29, 1.82) is 0 Å². The molecule has 0 unspecified atom stereocenters. The van der Waals surface area contributed by atoms with Gasteiger partial charge in [0.1, 0.15) is 5.75 Å². The molecule has 28 heavy (non-hydrogen) atoms. The first-order valence-electron chi connectivity index (χ1n) is 11.1. The van der Waals surface area contributed by atoms with E-state index >= 15 is 0 Å². The Bertz CT molecular complexity index is 553. The first-order chi connectivity index (χ1) is 13.7. The average Bonchev–Trinajstić information content (AvgIpc) is 2.70. The van der Waals surface area contributed by atoms with Crippen molar-refractivity contribution in [2.24, 2.45) is 0 Å². The van der Waals surface area contributed by atoms with E-state index in [1.165, 1.54) is 38.5 Å². The summed E-state index contributed by atoms with van der Waals surface area (Å²) >= 11 is 0. The summed E-state index contributed by atoms with van der Waals surface area (Å²) in [5.74, 6) is 0.182. The molecule has 158 valence electrons. The van der Waals surface area contributed by atoms with Crippen LogP contribution in [-0.2, 0) is 20.7 Å². The Morgan fingerprint density at radius 1 is 0.786 bits per heavy atom. The van der Waals surface area contributed by atoms with Crippen molar-refractivity contribution in [3.8, 4) is 5.75 Å². The smallest absolute Gasteiger partial charge is 0.311 e. The van der Waals surface area contributed by atoms with Crippen LogP contribution in [0.25, 0.3) is 0 Å². The minimum absolute atomic E-state index is 0.160. The van der Waals surface area contributed by atoms with Crippen LogP contribution in [0.4, 0.5) is 0 Å². The Morgan fingerprint density at radius 2 is 1.43 bits per heavy atom. The molecule has 0 bridgehead atoms. The average molecular weight is 391 g/mol. The lowest BCUT2D eigenvalue weighted by Gasteiger charge is -2.06. The van der Waals surface area contributed by atoms with Crippen LogP contribution in [0.3, 0.4) is 0 Å². The Balaban J connectivity index is 1.97. The zero-order valence-corrected chi connectivity index (χ0v) is 17.8. The van der Waals surface area contributed by atoms with Crippen molar-refractivity contribution in [2.45, 2.75) is 97.3 Å². The summed E-state index contributed by atoms with van der Waals surface area (Å²) in [4.78, 5) is 23.6. The van der Waals surface area contributed by atoms with Crippen LogP contribution in [0.15, 0.2) is 24.3 Å². The molecular weight excluding hydrogens is 352 g/mol. The summed E-state index contributed by atoms with van der Waals surface area (Å²) in [5, 5.41) is 0. The largest absolute Gasteiger partial charge is 0.466 e. The summed E-state index contributed by atoms with van der Waals surface area (Å²) < 4.78 is 10.6. The van der Waals surface area contributed by atoms with Crippen LogP contribution in [-0.4, -0.2) is 18.5 Å². The highest BCUT2D eigenvalue weighted by Gasteiger charge is 2.07. The first-order valence-corrected chi connectivity index (χ1v) is 11.1. The third-order valence-corrected chi connectivity index (χ3v) is 4.81. The normalized spacial score (nSPS) is 10.6. The molecule has 0 saturated carbocycles. The van der Waals surface area contributed by atoms with Gasteiger partial charge in [0.25, 0.3) is 0 Å². The van der Waals surface area contributed by atoms with Crippen LogP contribution in [0.1, 0.15) is 96.5 Å². The molecule has 0 aromatic heterocycles. The van der Waals surface area contributed by atoms with Gasteiger partial charge in [-0.05, 0) is 43.4 Å². The molecule has 0 aliphatic heterocycles. The van der Waals surface area contributed by atoms with Crippen molar-refractivity contribution < 1.29 is 19.1 Å². The van der Waals surface area contributed by atoms with Gasteiger partial charge >= 0.3 is 11.9 Å². The van der Waals surface area contributed by atoms with E-state index in [0.717, 1.165) is 24.8 Å². The third-order valence-electron chi connectivity index (χ3n) is 4.81. The number of hydrogen-bond acceptors (Lipinski definition) is 4. The number of unbranched alkanes of at least 4 members (excludes halogenated alkanes) is 8. The standard InChI is InChI=1S/C24H38O4/c1-3-5-6-7-8-9-10-13-19-27-23(25)17-11-12-18-24(26)28-22-16-14-15-21(4-2)20-22/h14-16,20H,3-13,17-19H2,1-2H3. The number of ether oxygens (including phenoxy) is 2. The summed E-state index contributed by atoms with van der Waals surface area (Å²) in [6.07, 6.45) is 12.8. The topological polar surface area (TPSA) is 52.6 Å². The molecular formula is C24H38O4. The van der Waals surface area contributed by atoms with E-state index in [2.05, 4.69) is 13.8 Å². The number of esters is 2. The summed E-state index contributed by atoms with van der Waals surface area (Å²) in [7, 11) is 0. The molecule has 4 nitrogen and oxygen atoms in total. The Hall–Kier alpha value is -1.84. The molecule has 0 aliphatic carbocycles. The first kappa shape index (κ1) is 24.2. The van der Waals surface area contributed by atoms with Crippen molar-refractivity contribution in [2.75, 3.05) is 6.61 Å². The van der Waals surface area contributed by atoms with E-state index in [9.17, 15) is 9.59 Å². The lowest BCUT2D eigenvalue weighted by atomic mass is 10.1. The van der Waals surface area contributed by atoms with Crippen molar-refractivity contribution in [3.63, 3.8) is 0 Å². The molecule has 0 heterocycles. The van der Waals surface area contributed by atoms with Crippen molar-refractivity contribution >= 4 is 11.9 Å². The highest BCUT2D eigenvalue weighted by Crippen LogP contribution is 2.15. The van der Waals surface area contributed by atoms with Gasteiger partial charge < -0.3 is 9.47 Å². The monoisotopic (exact) mass is 390 g/mol. The van der Waals surface area contributed by atoms with Gasteiger partial charge in [0, 0.05) is 12.8 Å². The highest BCUT2D eigenvalue weighted by molar-refractivity contribution is 5.72. The van der Waals surface area contributed by atoms with Gasteiger partial charge in [0.05, 0.1) is 6.61 Å². The molecule has 0 saturated heterocycles. The maximum atomic E-state index is 11.9. The molecule has 0 atom stereocenters. The van der Waals surface area contributed by atoms with E-state index in [1.807, 2.05) is 18.2 Å². The zero-order chi connectivity index (χ0) is 20.5. The van der Waals surface area contributed by atoms with Crippen molar-refractivity contribution in [3.05, 3.63) is 29.8 Å². The fraction of sp³-hybridized carbons (Fsp3) is 0.667. The molecule has 1 aromatic carbocycles. The van der Waals surface area contributed by atoms with E-state index in [0.29, 0.717) is 38.0 Å². The highest BCUT2D eigenvalue weighted by atomic mass is 16.5. The van der Waals surface area contributed by atoms with Gasteiger partial charge in [-0.3, -0.25) is 9.59 Å². The van der Waals surface area contributed by atoms with Crippen LogP contribution < -0.4 is 4.74 Å². The van der Waals surface area contributed by atoms with Gasteiger partial charge in [-0.2, -0.15) is 0 Å². The lowest BCUT2D eigenvalue weighted by molar-refractivity contribution is -0.144. The third kappa shape index (κ3) is 12.5. The number of carbonyl (C=O) groups is 2.